The lowest BCUT2D eigenvalue weighted by molar-refractivity contribution is 0.0341. The molecule has 21 heavy (non-hydrogen) atoms. The van der Waals surface area contributed by atoms with Gasteiger partial charge < -0.3 is 9.47 Å². The van der Waals surface area contributed by atoms with Crippen LogP contribution >= 0.6 is 0 Å². The van der Waals surface area contributed by atoms with Gasteiger partial charge in [-0.3, -0.25) is 0 Å². The smallest absolute Gasteiger partial charge is 0.343 e. The number of nitrogens with zero attached hydrogens (tertiary/aromatic N) is 1. The molecule has 110 valence electrons. The Bertz CT molecular complexity index is 545. The largest absolute Gasteiger partial charge is 0.460 e. The lowest BCUT2D eigenvalue weighted by Gasteiger charge is -2.15. The number of terminal acetylenes is 1. The summed E-state index contributed by atoms with van der Waals surface area (Å²) in [6.45, 7) is 9.01. The van der Waals surface area contributed by atoms with E-state index < -0.39 is 12.1 Å². The van der Waals surface area contributed by atoms with Crippen LogP contribution in [0.25, 0.3) is 0 Å². The molecule has 0 amide bonds. The Morgan fingerprint density at radius 3 is 2.81 bits per heavy atom. The number of carbonyl (C=O) groups excluding carboxylic acids is 1. The van der Waals surface area contributed by atoms with Crippen LogP contribution in [0.5, 0.6) is 5.88 Å². The van der Waals surface area contributed by atoms with Gasteiger partial charge in [-0.25, -0.2) is 9.78 Å². The highest BCUT2D eigenvalue weighted by Crippen LogP contribution is 2.19. The van der Waals surface area contributed by atoms with Gasteiger partial charge in [-0.05, 0) is 19.1 Å². The highest BCUT2D eigenvalue weighted by Gasteiger charge is 2.19. The lowest BCUT2D eigenvalue weighted by Crippen LogP contribution is -2.19. The number of ether oxygens (including phenoxy) is 2. The molecule has 0 spiro atoms. The molecule has 2 unspecified atom stereocenters. The van der Waals surface area contributed by atoms with Crippen molar-refractivity contribution in [2.24, 2.45) is 0 Å². The summed E-state index contributed by atoms with van der Waals surface area (Å²) in [5.74, 6) is 2.15. The monoisotopic (exact) mass is 285 g/mol. The predicted molar refractivity (Wildman–Crippen MR) is 82.0 cm³/mol. The van der Waals surface area contributed by atoms with Gasteiger partial charge in [-0.15, -0.1) is 19.6 Å². The molecule has 1 rings (SSSR count). The van der Waals surface area contributed by atoms with E-state index in [0.29, 0.717) is 12.8 Å². The fraction of sp³-hybridized carbons (Fsp3) is 0.294. The van der Waals surface area contributed by atoms with Crippen LogP contribution in [0.15, 0.2) is 43.6 Å². The molecule has 0 aliphatic carbocycles. The van der Waals surface area contributed by atoms with E-state index in [-0.39, 0.29) is 17.5 Å². The molecule has 0 aromatic carbocycles. The van der Waals surface area contributed by atoms with Crippen molar-refractivity contribution in [3.8, 4) is 18.2 Å². The molecule has 0 saturated carbocycles. The normalized spacial score (nSPS) is 12.6. The van der Waals surface area contributed by atoms with Crippen LogP contribution in [0.2, 0.25) is 0 Å². The molecule has 1 aromatic rings. The van der Waals surface area contributed by atoms with Crippen molar-refractivity contribution >= 4 is 5.97 Å². The number of aromatic nitrogens is 1. The number of esters is 1. The number of hydrogen-bond donors (Lipinski definition) is 0. The van der Waals surface area contributed by atoms with Gasteiger partial charge in [0, 0.05) is 19.0 Å². The van der Waals surface area contributed by atoms with E-state index >= 15 is 0 Å². The van der Waals surface area contributed by atoms with Crippen LogP contribution in [0.3, 0.4) is 0 Å². The van der Waals surface area contributed by atoms with Crippen molar-refractivity contribution in [3.63, 3.8) is 0 Å². The fourth-order valence-electron chi connectivity index (χ4n) is 1.61. The molecule has 2 atom stereocenters. The predicted octanol–water partition coefficient (Wildman–Crippen LogP) is 3.16. The standard InChI is InChI=1S/C17H19NO3/c1-5-9-13(4)20-17(19)15-11-8-12-18-16(15)21-14(7-3)10-6-2/h3,5-6,8,11-14H,1-2,9-10H2,4H3. The summed E-state index contributed by atoms with van der Waals surface area (Å²) in [4.78, 5) is 16.2. The van der Waals surface area contributed by atoms with Crippen molar-refractivity contribution in [2.75, 3.05) is 0 Å². The first-order valence-electron chi connectivity index (χ1n) is 6.63. The van der Waals surface area contributed by atoms with Crippen molar-refractivity contribution in [3.05, 3.63) is 49.2 Å². The average Bonchev–Trinajstić information content (AvgIpc) is 2.47. The van der Waals surface area contributed by atoms with Crippen LogP contribution in [-0.2, 0) is 4.74 Å². The third-order valence-corrected chi connectivity index (χ3v) is 2.62. The summed E-state index contributed by atoms with van der Waals surface area (Å²) in [5.41, 5.74) is 0.248. The molecular weight excluding hydrogens is 266 g/mol. The Balaban J connectivity index is 2.88. The second-order valence-electron chi connectivity index (χ2n) is 4.39. The zero-order chi connectivity index (χ0) is 15.7. The first-order valence-corrected chi connectivity index (χ1v) is 6.63. The third kappa shape index (κ3) is 5.15. The van der Waals surface area contributed by atoms with E-state index in [1.807, 2.05) is 0 Å². The molecule has 0 aliphatic heterocycles. The summed E-state index contributed by atoms with van der Waals surface area (Å²) in [6, 6.07) is 3.23. The number of hydrogen-bond acceptors (Lipinski definition) is 4. The lowest BCUT2D eigenvalue weighted by atomic mass is 10.2. The Kier molecular flexibility index (Phi) is 6.76. The molecule has 0 aliphatic rings. The molecule has 4 heteroatoms. The quantitative estimate of drug-likeness (QED) is 0.418. The van der Waals surface area contributed by atoms with Crippen molar-refractivity contribution < 1.29 is 14.3 Å². The van der Waals surface area contributed by atoms with Crippen LogP contribution < -0.4 is 4.74 Å². The molecular formula is C17H19NO3. The van der Waals surface area contributed by atoms with Crippen LogP contribution in [0.4, 0.5) is 0 Å². The van der Waals surface area contributed by atoms with Gasteiger partial charge in [0.2, 0.25) is 5.88 Å². The molecule has 1 heterocycles. The summed E-state index contributed by atoms with van der Waals surface area (Å²) in [7, 11) is 0. The van der Waals surface area contributed by atoms with Gasteiger partial charge in [-0.1, -0.05) is 18.1 Å². The minimum atomic E-state index is -0.519. The van der Waals surface area contributed by atoms with Gasteiger partial charge in [0.05, 0.1) is 0 Å². The SMILES string of the molecule is C#CC(CC=C)Oc1ncccc1C(=O)OC(C)CC=C. The summed E-state index contributed by atoms with van der Waals surface area (Å²) in [5, 5.41) is 0. The van der Waals surface area contributed by atoms with Gasteiger partial charge in [-0.2, -0.15) is 0 Å². The Labute approximate surface area is 125 Å². The maximum absolute atomic E-state index is 12.1. The highest BCUT2D eigenvalue weighted by molar-refractivity contribution is 5.91. The van der Waals surface area contributed by atoms with Crippen molar-refractivity contribution in [2.45, 2.75) is 32.0 Å². The number of pyridine rings is 1. The van der Waals surface area contributed by atoms with E-state index in [2.05, 4.69) is 24.1 Å². The van der Waals surface area contributed by atoms with Gasteiger partial charge in [0.25, 0.3) is 0 Å². The van der Waals surface area contributed by atoms with Crippen LogP contribution in [0.1, 0.15) is 30.1 Å². The second-order valence-corrected chi connectivity index (χ2v) is 4.39. The van der Waals surface area contributed by atoms with Crippen LogP contribution in [-0.4, -0.2) is 23.2 Å². The van der Waals surface area contributed by atoms with E-state index in [4.69, 9.17) is 15.9 Å². The zero-order valence-corrected chi connectivity index (χ0v) is 12.1. The number of carbonyl (C=O) groups is 1. The highest BCUT2D eigenvalue weighted by atomic mass is 16.5. The van der Waals surface area contributed by atoms with Gasteiger partial charge in [0.1, 0.15) is 11.7 Å². The first kappa shape index (κ1) is 16.5. The minimum Gasteiger partial charge on any atom is -0.460 e. The number of rotatable bonds is 8. The molecule has 0 radical (unpaired) electrons. The molecule has 0 bridgehead atoms. The third-order valence-electron chi connectivity index (χ3n) is 2.62. The van der Waals surface area contributed by atoms with Crippen molar-refractivity contribution in [1.29, 1.82) is 0 Å². The summed E-state index contributed by atoms with van der Waals surface area (Å²) in [6.07, 6.45) is 10.5. The summed E-state index contributed by atoms with van der Waals surface area (Å²) < 4.78 is 10.8. The van der Waals surface area contributed by atoms with E-state index in [0.717, 1.165) is 0 Å². The maximum atomic E-state index is 12.1. The van der Waals surface area contributed by atoms with Gasteiger partial charge in [0.15, 0.2) is 6.10 Å². The van der Waals surface area contributed by atoms with Gasteiger partial charge >= 0.3 is 5.97 Å². The maximum Gasteiger partial charge on any atom is 0.343 e. The second kappa shape index (κ2) is 8.60. The first-order chi connectivity index (χ1) is 10.1. The molecule has 4 nitrogen and oxygen atoms in total. The fourth-order valence-corrected chi connectivity index (χ4v) is 1.61. The van der Waals surface area contributed by atoms with Crippen molar-refractivity contribution in [1.82, 2.24) is 4.98 Å². The molecule has 0 N–H and O–H groups in total. The average molecular weight is 285 g/mol. The molecule has 0 saturated heterocycles. The van der Waals surface area contributed by atoms with Crippen LogP contribution in [0, 0.1) is 12.3 Å². The Morgan fingerprint density at radius 2 is 2.19 bits per heavy atom. The molecule has 1 aromatic heterocycles. The van der Waals surface area contributed by atoms with E-state index in [9.17, 15) is 4.79 Å². The zero-order valence-electron chi connectivity index (χ0n) is 12.1. The Hall–Kier alpha value is -2.54. The van der Waals surface area contributed by atoms with E-state index in [1.165, 1.54) is 6.20 Å². The minimum absolute atomic E-state index is 0.165. The topological polar surface area (TPSA) is 48.4 Å². The molecule has 0 fully saturated rings. The van der Waals surface area contributed by atoms with E-state index in [1.54, 1.807) is 31.2 Å². The summed E-state index contributed by atoms with van der Waals surface area (Å²) >= 11 is 0. The Morgan fingerprint density at radius 1 is 1.48 bits per heavy atom.